The highest BCUT2D eigenvalue weighted by Crippen LogP contribution is 2.29. The van der Waals surface area contributed by atoms with Gasteiger partial charge in [-0.15, -0.1) is 10.1 Å². The molecular weight excluding hydrogens is 560 g/mol. The zero-order valence-electron chi connectivity index (χ0n) is 27.2. The Morgan fingerprint density at radius 1 is 0.500 bits per heavy atom. The summed E-state index contributed by atoms with van der Waals surface area (Å²) in [4.78, 5) is 38.0. The number of carbonyl (C=O) groups excluding carboxylic acids is 2. The molecule has 4 N–H and O–H groups in total. The molecule has 5 aliphatic rings. The molecule has 2 unspecified atom stereocenters. The SMILES string of the molecule is NCCC1CCCCN1N1CCN(OC(=O)C2CCCC(C(=O)ON3CCN(N4CCCCC4CCN)CC3)CCC2)CC1. The van der Waals surface area contributed by atoms with Gasteiger partial charge in [-0.3, -0.25) is 9.59 Å². The third-order valence-corrected chi connectivity index (χ3v) is 10.7. The molecule has 12 heteroatoms. The molecule has 1 saturated carbocycles. The van der Waals surface area contributed by atoms with Gasteiger partial charge in [0.05, 0.1) is 11.8 Å². The van der Waals surface area contributed by atoms with Crippen molar-refractivity contribution in [2.45, 2.75) is 102 Å². The predicted molar refractivity (Wildman–Crippen MR) is 169 cm³/mol. The van der Waals surface area contributed by atoms with Crippen LogP contribution in [0.1, 0.15) is 89.9 Å². The van der Waals surface area contributed by atoms with E-state index in [1.807, 2.05) is 10.1 Å². The maximum Gasteiger partial charge on any atom is 0.328 e. The molecule has 44 heavy (non-hydrogen) atoms. The summed E-state index contributed by atoms with van der Waals surface area (Å²) in [6, 6.07) is 1.09. The molecule has 4 heterocycles. The van der Waals surface area contributed by atoms with Crippen molar-refractivity contribution >= 4 is 11.9 Å². The number of hydroxylamine groups is 4. The number of hydrazine groups is 2. The topological polar surface area (TPSA) is 124 Å². The van der Waals surface area contributed by atoms with E-state index in [1.165, 1.54) is 38.5 Å². The highest BCUT2D eigenvalue weighted by atomic mass is 16.7. The van der Waals surface area contributed by atoms with Gasteiger partial charge in [-0.1, -0.05) is 25.7 Å². The maximum absolute atomic E-state index is 13.1. The lowest BCUT2D eigenvalue weighted by Gasteiger charge is -2.46. The molecule has 4 aliphatic heterocycles. The largest absolute Gasteiger partial charge is 0.368 e. The third-order valence-electron chi connectivity index (χ3n) is 10.7. The van der Waals surface area contributed by atoms with Crippen LogP contribution in [0.15, 0.2) is 0 Å². The molecule has 5 fully saturated rings. The minimum atomic E-state index is -0.0984. The zero-order chi connectivity index (χ0) is 30.7. The van der Waals surface area contributed by atoms with E-state index in [0.717, 1.165) is 130 Å². The number of piperidine rings is 2. The second kappa shape index (κ2) is 17.5. The van der Waals surface area contributed by atoms with Crippen molar-refractivity contribution in [3.05, 3.63) is 0 Å². The third kappa shape index (κ3) is 9.34. The van der Waals surface area contributed by atoms with Crippen LogP contribution < -0.4 is 11.5 Å². The molecule has 0 bridgehead atoms. The summed E-state index contributed by atoms with van der Waals surface area (Å²) in [7, 11) is 0. The van der Waals surface area contributed by atoms with E-state index < -0.39 is 0 Å². The molecule has 0 spiro atoms. The van der Waals surface area contributed by atoms with Crippen molar-refractivity contribution in [2.24, 2.45) is 23.3 Å². The predicted octanol–water partition coefficient (Wildman–Crippen LogP) is 1.96. The first-order valence-electron chi connectivity index (χ1n) is 17.9. The number of rotatable bonds is 10. The van der Waals surface area contributed by atoms with Crippen molar-refractivity contribution in [1.82, 2.24) is 30.2 Å². The molecule has 0 aromatic rings. The molecule has 252 valence electrons. The van der Waals surface area contributed by atoms with Crippen LogP contribution in [0.2, 0.25) is 0 Å². The Morgan fingerprint density at radius 2 is 0.886 bits per heavy atom. The van der Waals surface area contributed by atoms with Crippen molar-refractivity contribution in [1.29, 1.82) is 0 Å². The summed E-state index contributed by atoms with van der Waals surface area (Å²) >= 11 is 0. The normalized spacial score (nSPS) is 31.7. The summed E-state index contributed by atoms with van der Waals surface area (Å²) in [5, 5.41) is 13.7. The second-order valence-electron chi connectivity index (χ2n) is 13.6. The summed E-state index contributed by atoms with van der Waals surface area (Å²) in [6.07, 6.45) is 14.4. The number of piperazine rings is 2. The van der Waals surface area contributed by atoms with Crippen LogP contribution in [0.25, 0.3) is 0 Å². The molecule has 4 saturated heterocycles. The van der Waals surface area contributed by atoms with Crippen molar-refractivity contribution in [2.75, 3.05) is 78.5 Å². The second-order valence-corrected chi connectivity index (χ2v) is 13.6. The van der Waals surface area contributed by atoms with Crippen LogP contribution in [-0.4, -0.2) is 133 Å². The fraction of sp³-hybridized carbons (Fsp3) is 0.938. The van der Waals surface area contributed by atoms with E-state index >= 15 is 0 Å². The quantitative estimate of drug-likeness (QED) is 0.371. The number of nitrogens with zero attached hydrogens (tertiary/aromatic N) is 6. The fourth-order valence-electron chi connectivity index (χ4n) is 8.12. The Hall–Kier alpha value is -1.38. The van der Waals surface area contributed by atoms with Gasteiger partial charge in [-0.05, 0) is 77.3 Å². The van der Waals surface area contributed by atoms with E-state index in [4.69, 9.17) is 21.1 Å². The zero-order valence-corrected chi connectivity index (χ0v) is 27.2. The Labute approximate surface area is 265 Å². The van der Waals surface area contributed by atoms with E-state index in [2.05, 4.69) is 20.0 Å². The first-order chi connectivity index (χ1) is 21.6. The van der Waals surface area contributed by atoms with Crippen molar-refractivity contribution in [3.63, 3.8) is 0 Å². The highest BCUT2D eigenvalue weighted by molar-refractivity contribution is 5.73. The first kappa shape index (κ1) is 34.0. The number of hydrogen-bond acceptors (Lipinski definition) is 12. The number of nitrogens with two attached hydrogens (primary N) is 2. The minimum absolute atomic E-state index is 0.0907. The monoisotopic (exact) mass is 620 g/mol. The first-order valence-corrected chi connectivity index (χ1v) is 17.9. The lowest BCUT2D eigenvalue weighted by Crippen LogP contribution is -2.58. The van der Waals surface area contributed by atoms with Gasteiger partial charge in [-0.2, -0.15) is 0 Å². The Morgan fingerprint density at radius 3 is 1.25 bits per heavy atom. The van der Waals surface area contributed by atoms with E-state index in [-0.39, 0.29) is 23.8 Å². The molecule has 5 rings (SSSR count). The molecule has 2 atom stereocenters. The van der Waals surface area contributed by atoms with Gasteiger partial charge in [0.1, 0.15) is 0 Å². The Bertz CT molecular complexity index is 800. The van der Waals surface area contributed by atoms with Crippen LogP contribution >= 0.6 is 0 Å². The lowest BCUT2D eigenvalue weighted by molar-refractivity contribution is -0.216. The molecule has 0 aromatic heterocycles. The molecule has 0 amide bonds. The Kier molecular flexibility index (Phi) is 13.5. The van der Waals surface area contributed by atoms with Gasteiger partial charge in [0, 0.05) is 77.5 Å². The highest BCUT2D eigenvalue weighted by Gasteiger charge is 2.34. The van der Waals surface area contributed by atoms with Crippen LogP contribution in [0, 0.1) is 11.8 Å². The molecule has 1 aliphatic carbocycles. The molecule has 0 radical (unpaired) electrons. The number of carbonyl (C=O) groups is 2. The van der Waals surface area contributed by atoms with Gasteiger partial charge in [0.2, 0.25) is 0 Å². The summed E-state index contributed by atoms with van der Waals surface area (Å²) in [5.74, 6) is -0.378. The summed E-state index contributed by atoms with van der Waals surface area (Å²) < 4.78 is 0. The average molecular weight is 621 g/mol. The minimum Gasteiger partial charge on any atom is -0.368 e. The van der Waals surface area contributed by atoms with Gasteiger partial charge in [0.15, 0.2) is 0 Å². The van der Waals surface area contributed by atoms with Crippen LogP contribution in [0.5, 0.6) is 0 Å². The summed E-state index contributed by atoms with van der Waals surface area (Å²) in [5.41, 5.74) is 11.8. The smallest absolute Gasteiger partial charge is 0.328 e. The Balaban J connectivity index is 0.983. The fourth-order valence-corrected chi connectivity index (χ4v) is 8.12. The van der Waals surface area contributed by atoms with Crippen molar-refractivity contribution in [3.8, 4) is 0 Å². The van der Waals surface area contributed by atoms with Crippen LogP contribution in [0.4, 0.5) is 0 Å². The van der Waals surface area contributed by atoms with E-state index in [9.17, 15) is 9.59 Å². The average Bonchev–Trinajstić information content (AvgIpc) is 3.03. The van der Waals surface area contributed by atoms with Gasteiger partial charge < -0.3 is 21.1 Å². The van der Waals surface area contributed by atoms with Crippen LogP contribution in [0.3, 0.4) is 0 Å². The standard InChI is InChI=1S/C32H60N8O4/c33-15-13-29-11-1-3-17-39(29)35-19-23-37(24-20-35)43-31(41)27-7-5-9-28(10-6-8-27)32(42)44-38-25-21-36(22-26-38)40-18-4-2-12-30(40)14-16-34/h27-30H,1-26,33-34H2. The van der Waals surface area contributed by atoms with Crippen molar-refractivity contribution < 1.29 is 19.3 Å². The maximum atomic E-state index is 13.1. The van der Waals surface area contributed by atoms with E-state index in [1.54, 1.807) is 0 Å². The van der Waals surface area contributed by atoms with Gasteiger partial charge >= 0.3 is 11.9 Å². The molecular formula is C32H60N8O4. The summed E-state index contributed by atoms with van der Waals surface area (Å²) in [6.45, 7) is 10.1. The molecule has 12 nitrogen and oxygen atoms in total. The van der Waals surface area contributed by atoms with Gasteiger partial charge in [-0.25, -0.2) is 20.0 Å². The van der Waals surface area contributed by atoms with E-state index in [0.29, 0.717) is 12.1 Å². The number of hydrogen-bond donors (Lipinski definition) is 2. The van der Waals surface area contributed by atoms with Crippen LogP contribution in [-0.2, 0) is 19.3 Å². The lowest BCUT2D eigenvalue weighted by atomic mass is 9.86. The molecule has 0 aromatic carbocycles. The van der Waals surface area contributed by atoms with Gasteiger partial charge in [0.25, 0.3) is 0 Å².